The average molecular weight is 277 g/mol. The van der Waals surface area contributed by atoms with Gasteiger partial charge in [-0.25, -0.2) is 0 Å². The Bertz CT molecular complexity index is 474. The van der Waals surface area contributed by atoms with Crippen LogP contribution in [0.1, 0.15) is 48.2 Å². The van der Waals surface area contributed by atoms with Gasteiger partial charge in [-0.1, -0.05) is 17.2 Å². The summed E-state index contributed by atoms with van der Waals surface area (Å²) in [7, 11) is 0. The third kappa shape index (κ3) is 4.68. The quantitative estimate of drug-likeness (QED) is 0.869. The number of rotatable bonds is 6. The van der Waals surface area contributed by atoms with Gasteiger partial charge in [0.1, 0.15) is 0 Å². The number of carbonyl (C=O) groups excluding carboxylic acids is 1. The van der Waals surface area contributed by atoms with Gasteiger partial charge in [0.2, 0.25) is 0 Å². The van der Waals surface area contributed by atoms with E-state index >= 15 is 0 Å². The number of nitrogens with zero attached hydrogens (tertiary/aromatic N) is 1. The molecule has 0 unspecified atom stereocenters. The van der Waals surface area contributed by atoms with E-state index in [-0.39, 0.29) is 18.4 Å². The first-order valence-corrected chi connectivity index (χ1v) is 6.92. The van der Waals surface area contributed by atoms with Crippen LogP contribution in [0.2, 0.25) is 0 Å². The molecule has 4 nitrogen and oxygen atoms in total. The van der Waals surface area contributed by atoms with Gasteiger partial charge in [-0.3, -0.25) is 9.59 Å². The van der Waals surface area contributed by atoms with Crippen LogP contribution in [0, 0.1) is 13.8 Å². The van der Waals surface area contributed by atoms with E-state index in [1.165, 1.54) is 0 Å². The van der Waals surface area contributed by atoms with Gasteiger partial charge in [0.25, 0.3) is 5.91 Å². The fraction of sp³-hybridized carbons (Fsp3) is 0.500. The smallest absolute Gasteiger partial charge is 0.303 e. The van der Waals surface area contributed by atoms with Gasteiger partial charge in [0.15, 0.2) is 0 Å². The van der Waals surface area contributed by atoms with E-state index in [1.807, 2.05) is 45.9 Å². The fourth-order valence-electron chi connectivity index (χ4n) is 2.26. The number of aliphatic carboxylic acids is 1. The molecule has 0 fully saturated rings. The van der Waals surface area contributed by atoms with Crippen molar-refractivity contribution in [2.75, 3.05) is 6.54 Å². The monoisotopic (exact) mass is 277 g/mol. The highest BCUT2D eigenvalue weighted by molar-refractivity contribution is 5.94. The molecule has 0 aliphatic carbocycles. The summed E-state index contributed by atoms with van der Waals surface area (Å²) in [5.74, 6) is -0.857. The van der Waals surface area contributed by atoms with Crippen LogP contribution in [0.5, 0.6) is 0 Å². The van der Waals surface area contributed by atoms with Crippen LogP contribution in [-0.4, -0.2) is 34.5 Å². The lowest BCUT2D eigenvalue weighted by Crippen LogP contribution is -2.38. The topological polar surface area (TPSA) is 57.6 Å². The highest BCUT2D eigenvalue weighted by Crippen LogP contribution is 2.14. The van der Waals surface area contributed by atoms with Crippen LogP contribution in [-0.2, 0) is 4.79 Å². The highest BCUT2D eigenvalue weighted by atomic mass is 16.4. The Kier molecular flexibility index (Phi) is 5.74. The van der Waals surface area contributed by atoms with Crippen molar-refractivity contribution in [2.24, 2.45) is 0 Å². The van der Waals surface area contributed by atoms with E-state index in [0.29, 0.717) is 18.5 Å². The first-order chi connectivity index (χ1) is 9.31. The molecule has 0 heterocycles. The van der Waals surface area contributed by atoms with Crippen molar-refractivity contribution in [1.29, 1.82) is 0 Å². The van der Waals surface area contributed by atoms with Crippen molar-refractivity contribution in [3.63, 3.8) is 0 Å². The zero-order valence-corrected chi connectivity index (χ0v) is 12.6. The van der Waals surface area contributed by atoms with Crippen LogP contribution in [0.3, 0.4) is 0 Å². The predicted molar refractivity (Wildman–Crippen MR) is 79.0 cm³/mol. The third-order valence-corrected chi connectivity index (χ3v) is 3.14. The second-order valence-corrected chi connectivity index (χ2v) is 5.47. The Morgan fingerprint density at radius 3 is 2.15 bits per heavy atom. The summed E-state index contributed by atoms with van der Waals surface area (Å²) in [6.07, 6.45) is 0.563. The minimum absolute atomic E-state index is 0.0304. The van der Waals surface area contributed by atoms with Crippen molar-refractivity contribution in [3.8, 4) is 0 Å². The molecule has 1 aromatic rings. The molecular weight excluding hydrogens is 254 g/mol. The lowest BCUT2D eigenvalue weighted by Gasteiger charge is -2.27. The Hall–Kier alpha value is -1.84. The van der Waals surface area contributed by atoms with Gasteiger partial charge in [0, 0.05) is 24.6 Å². The number of benzene rings is 1. The summed E-state index contributed by atoms with van der Waals surface area (Å²) in [6, 6.07) is 5.84. The molecule has 0 atom stereocenters. The number of carbonyl (C=O) groups is 2. The lowest BCUT2D eigenvalue weighted by molar-refractivity contribution is -0.137. The second-order valence-electron chi connectivity index (χ2n) is 5.47. The van der Waals surface area contributed by atoms with E-state index in [1.54, 1.807) is 4.90 Å². The number of carboxylic acids is 1. The summed E-state index contributed by atoms with van der Waals surface area (Å²) < 4.78 is 0. The molecule has 1 rings (SSSR count). The molecule has 1 amide bonds. The lowest BCUT2D eigenvalue weighted by atomic mass is 10.1. The predicted octanol–water partition coefficient (Wildman–Crippen LogP) is 3.02. The Morgan fingerprint density at radius 1 is 1.15 bits per heavy atom. The van der Waals surface area contributed by atoms with Crippen LogP contribution in [0.15, 0.2) is 18.2 Å². The van der Waals surface area contributed by atoms with Crippen molar-refractivity contribution in [1.82, 2.24) is 4.90 Å². The Balaban J connectivity index is 2.85. The molecule has 0 radical (unpaired) electrons. The fourth-order valence-corrected chi connectivity index (χ4v) is 2.26. The molecule has 0 spiro atoms. The maximum Gasteiger partial charge on any atom is 0.303 e. The maximum absolute atomic E-state index is 12.5. The third-order valence-electron chi connectivity index (χ3n) is 3.14. The first kappa shape index (κ1) is 16.2. The van der Waals surface area contributed by atoms with E-state index in [9.17, 15) is 9.59 Å². The van der Waals surface area contributed by atoms with E-state index in [4.69, 9.17) is 5.11 Å². The standard InChI is InChI=1S/C16H23NO3/c1-11(2)17(7-5-6-15(18)19)16(20)14-9-12(3)8-13(4)10-14/h8-11H,5-7H2,1-4H3,(H,18,19). The van der Waals surface area contributed by atoms with Gasteiger partial charge in [0.05, 0.1) is 0 Å². The van der Waals surface area contributed by atoms with Gasteiger partial charge in [-0.05, 0) is 46.2 Å². The Labute approximate surface area is 120 Å². The van der Waals surface area contributed by atoms with Crippen molar-refractivity contribution in [2.45, 2.75) is 46.6 Å². The van der Waals surface area contributed by atoms with E-state index in [2.05, 4.69) is 0 Å². The van der Waals surface area contributed by atoms with Gasteiger partial charge in [-0.2, -0.15) is 0 Å². The summed E-state index contributed by atoms with van der Waals surface area (Å²) in [4.78, 5) is 24.9. The zero-order valence-electron chi connectivity index (χ0n) is 12.6. The van der Waals surface area contributed by atoms with Crippen molar-refractivity contribution < 1.29 is 14.7 Å². The molecule has 4 heteroatoms. The first-order valence-electron chi connectivity index (χ1n) is 6.92. The number of aryl methyl sites for hydroxylation is 2. The normalized spacial score (nSPS) is 10.7. The van der Waals surface area contributed by atoms with Crippen molar-refractivity contribution >= 4 is 11.9 Å². The molecule has 0 aliphatic heterocycles. The van der Waals surface area contributed by atoms with Crippen LogP contribution in [0.4, 0.5) is 0 Å². The number of hydrogen-bond donors (Lipinski definition) is 1. The van der Waals surface area contributed by atoms with E-state index in [0.717, 1.165) is 11.1 Å². The number of hydrogen-bond acceptors (Lipinski definition) is 2. The van der Waals surface area contributed by atoms with Gasteiger partial charge in [-0.15, -0.1) is 0 Å². The largest absolute Gasteiger partial charge is 0.481 e. The number of amides is 1. The molecular formula is C16H23NO3. The summed E-state index contributed by atoms with van der Waals surface area (Å²) in [5, 5.41) is 8.69. The second kappa shape index (κ2) is 7.08. The van der Waals surface area contributed by atoms with Crippen LogP contribution < -0.4 is 0 Å². The molecule has 0 bridgehead atoms. The molecule has 20 heavy (non-hydrogen) atoms. The average Bonchev–Trinajstić information content (AvgIpc) is 2.31. The molecule has 110 valence electrons. The van der Waals surface area contributed by atoms with E-state index < -0.39 is 5.97 Å². The Morgan fingerprint density at radius 2 is 1.70 bits per heavy atom. The van der Waals surface area contributed by atoms with Crippen molar-refractivity contribution in [3.05, 3.63) is 34.9 Å². The summed E-state index contributed by atoms with van der Waals surface area (Å²) in [5.41, 5.74) is 2.79. The van der Waals surface area contributed by atoms with Gasteiger partial charge < -0.3 is 10.0 Å². The molecule has 0 aliphatic rings. The van der Waals surface area contributed by atoms with Crippen LogP contribution >= 0.6 is 0 Å². The minimum atomic E-state index is -0.826. The summed E-state index contributed by atoms with van der Waals surface area (Å²) >= 11 is 0. The molecule has 0 saturated heterocycles. The van der Waals surface area contributed by atoms with Crippen LogP contribution in [0.25, 0.3) is 0 Å². The molecule has 1 aromatic carbocycles. The SMILES string of the molecule is Cc1cc(C)cc(C(=O)N(CCCC(=O)O)C(C)C)c1. The summed E-state index contributed by atoms with van der Waals surface area (Å²) in [6.45, 7) is 8.29. The highest BCUT2D eigenvalue weighted by Gasteiger charge is 2.19. The number of carboxylic acid groups (broad SMARTS) is 1. The maximum atomic E-state index is 12.5. The molecule has 0 aromatic heterocycles. The zero-order chi connectivity index (χ0) is 15.3. The molecule has 1 N–H and O–H groups in total. The minimum Gasteiger partial charge on any atom is -0.481 e. The van der Waals surface area contributed by atoms with Gasteiger partial charge >= 0.3 is 5.97 Å². The molecule has 0 saturated carbocycles.